The summed E-state index contributed by atoms with van der Waals surface area (Å²) >= 11 is 0. The number of sulfonamides is 1. The zero-order valence-corrected chi connectivity index (χ0v) is 17.6. The molecule has 1 aliphatic rings. The van der Waals surface area contributed by atoms with Crippen LogP contribution in [0.2, 0.25) is 0 Å². The highest BCUT2D eigenvalue weighted by atomic mass is 32.2. The van der Waals surface area contributed by atoms with Crippen LogP contribution >= 0.6 is 0 Å². The molecule has 27 heavy (non-hydrogen) atoms. The molecule has 0 saturated carbocycles. The van der Waals surface area contributed by atoms with E-state index >= 15 is 0 Å². The van der Waals surface area contributed by atoms with Gasteiger partial charge in [0.1, 0.15) is 5.75 Å². The van der Waals surface area contributed by atoms with Gasteiger partial charge < -0.3 is 10.1 Å². The Balaban J connectivity index is 2.12. The molecule has 1 amide bonds. The second-order valence-electron chi connectivity index (χ2n) is 7.26. The van der Waals surface area contributed by atoms with Gasteiger partial charge in [-0.05, 0) is 63.8 Å². The number of nitrogens with zero attached hydrogens (tertiary/aromatic N) is 1. The number of hydrogen-bond donors (Lipinski definition) is 1. The Morgan fingerprint density at radius 3 is 2.74 bits per heavy atom. The lowest BCUT2D eigenvalue weighted by molar-refractivity contribution is -0.126. The Labute approximate surface area is 163 Å². The van der Waals surface area contributed by atoms with E-state index in [0.29, 0.717) is 25.3 Å². The minimum absolute atomic E-state index is 0.0428. The number of amides is 1. The Bertz CT molecular complexity index is 748. The normalized spacial score (nSPS) is 19.5. The number of carbonyl (C=O) groups is 1. The smallest absolute Gasteiger partial charge is 0.243 e. The van der Waals surface area contributed by atoms with Gasteiger partial charge >= 0.3 is 0 Å². The van der Waals surface area contributed by atoms with Crippen molar-refractivity contribution in [3.8, 4) is 5.75 Å². The number of benzene rings is 1. The van der Waals surface area contributed by atoms with Gasteiger partial charge in [0.15, 0.2) is 0 Å². The maximum atomic E-state index is 13.1. The summed E-state index contributed by atoms with van der Waals surface area (Å²) in [7, 11) is -3.62. The van der Waals surface area contributed by atoms with Crippen LogP contribution in [-0.2, 0) is 14.8 Å². The summed E-state index contributed by atoms with van der Waals surface area (Å²) in [5.74, 6) is 0.354. The van der Waals surface area contributed by atoms with Crippen molar-refractivity contribution in [1.82, 2.24) is 9.62 Å². The van der Waals surface area contributed by atoms with Gasteiger partial charge in [-0.1, -0.05) is 13.3 Å². The molecular weight excluding hydrogens is 364 g/mol. The SMILES string of the molecule is CCC[C@@H](C)NC(=O)[C@H]1CCCN(S(=O)(=O)c2ccc(OCC)c(C)c2)C1. The molecule has 1 aliphatic heterocycles. The van der Waals surface area contributed by atoms with E-state index in [1.807, 2.05) is 20.8 Å². The van der Waals surface area contributed by atoms with Crippen molar-refractivity contribution >= 4 is 15.9 Å². The van der Waals surface area contributed by atoms with Gasteiger partial charge in [-0.15, -0.1) is 0 Å². The van der Waals surface area contributed by atoms with Crippen LogP contribution in [0.1, 0.15) is 52.0 Å². The van der Waals surface area contributed by atoms with Gasteiger partial charge in [-0.2, -0.15) is 4.31 Å². The van der Waals surface area contributed by atoms with E-state index in [2.05, 4.69) is 12.2 Å². The average Bonchev–Trinajstić information content (AvgIpc) is 2.63. The highest BCUT2D eigenvalue weighted by Crippen LogP contribution is 2.27. The van der Waals surface area contributed by atoms with Crippen LogP contribution in [0.3, 0.4) is 0 Å². The maximum Gasteiger partial charge on any atom is 0.243 e. The first-order valence-corrected chi connectivity index (χ1v) is 11.3. The van der Waals surface area contributed by atoms with Crippen molar-refractivity contribution in [2.45, 2.75) is 64.3 Å². The molecule has 152 valence electrons. The molecule has 1 heterocycles. The van der Waals surface area contributed by atoms with Crippen LogP contribution in [-0.4, -0.2) is 44.4 Å². The summed E-state index contributed by atoms with van der Waals surface area (Å²) < 4.78 is 33.0. The van der Waals surface area contributed by atoms with Crippen molar-refractivity contribution in [3.63, 3.8) is 0 Å². The Morgan fingerprint density at radius 2 is 2.11 bits per heavy atom. The lowest BCUT2D eigenvalue weighted by Crippen LogP contribution is -2.47. The largest absolute Gasteiger partial charge is 0.494 e. The highest BCUT2D eigenvalue weighted by Gasteiger charge is 2.33. The van der Waals surface area contributed by atoms with Crippen molar-refractivity contribution in [2.24, 2.45) is 5.92 Å². The van der Waals surface area contributed by atoms with E-state index in [-0.39, 0.29) is 29.3 Å². The molecule has 0 unspecified atom stereocenters. The van der Waals surface area contributed by atoms with Gasteiger partial charge in [0, 0.05) is 19.1 Å². The fourth-order valence-corrected chi connectivity index (χ4v) is 5.10. The third-order valence-electron chi connectivity index (χ3n) is 4.95. The summed E-state index contributed by atoms with van der Waals surface area (Å²) in [6, 6.07) is 5.04. The van der Waals surface area contributed by atoms with Crippen LogP contribution in [0, 0.1) is 12.8 Å². The lowest BCUT2D eigenvalue weighted by atomic mass is 9.98. The molecule has 1 aromatic rings. The zero-order valence-electron chi connectivity index (χ0n) is 16.8. The molecule has 1 fully saturated rings. The van der Waals surface area contributed by atoms with Crippen LogP contribution in [0.15, 0.2) is 23.1 Å². The predicted octanol–water partition coefficient (Wildman–Crippen LogP) is 3.10. The summed E-state index contributed by atoms with van der Waals surface area (Å²) in [6.07, 6.45) is 3.34. The van der Waals surface area contributed by atoms with Gasteiger partial charge in [0.05, 0.1) is 17.4 Å². The van der Waals surface area contributed by atoms with Crippen LogP contribution in [0.5, 0.6) is 5.75 Å². The fraction of sp³-hybridized carbons (Fsp3) is 0.650. The van der Waals surface area contributed by atoms with Crippen LogP contribution < -0.4 is 10.1 Å². The Kier molecular flexibility index (Phi) is 7.68. The molecule has 0 aliphatic carbocycles. The number of hydrogen-bond acceptors (Lipinski definition) is 4. The minimum atomic E-state index is -3.62. The summed E-state index contributed by atoms with van der Waals surface area (Å²) in [6.45, 7) is 9.02. The first-order valence-electron chi connectivity index (χ1n) is 9.83. The first kappa shape index (κ1) is 21.7. The monoisotopic (exact) mass is 396 g/mol. The number of ether oxygens (including phenoxy) is 1. The Hall–Kier alpha value is -1.60. The van der Waals surface area contributed by atoms with E-state index in [0.717, 1.165) is 24.8 Å². The van der Waals surface area contributed by atoms with Gasteiger partial charge in [0.2, 0.25) is 15.9 Å². The third kappa shape index (κ3) is 5.45. The van der Waals surface area contributed by atoms with E-state index in [1.54, 1.807) is 18.2 Å². The van der Waals surface area contributed by atoms with Crippen LogP contribution in [0.25, 0.3) is 0 Å². The zero-order chi connectivity index (χ0) is 20.0. The van der Waals surface area contributed by atoms with E-state index < -0.39 is 10.0 Å². The second-order valence-corrected chi connectivity index (χ2v) is 9.20. The maximum absolute atomic E-state index is 13.1. The molecule has 0 aromatic heterocycles. The number of rotatable bonds is 8. The molecule has 1 saturated heterocycles. The molecular formula is C20H32N2O4S. The number of aryl methyl sites for hydroxylation is 1. The van der Waals surface area contributed by atoms with E-state index in [1.165, 1.54) is 4.31 Å². The number of carbonyl (C=O) groups excluding carboxylic acids is 1. The van der Waals surface area contributed by atoms with Crippen molar-refractivity contribution < 1.29 is 17.9 Å². The highest BCUT2D eigenvalue weighted by molar-refractivity contribution is 7.89. The minimum Gasteiger partial charge on any atom is -0.494 e. The molecule has 1 N–H and O–H groups in total. The van der Waals surface area contributed by atoms with Crippen molar-refractivity contribution in [2.75, 3.05) is 19.7 Å². The predicted molar refractivity (Wildman–Crippen MR) is 106 cm³/mol. The summed E-state index contributed by atoms with van der Waals surface area (Å²) in [4.78, 5) is 12.8. The van der Waals surface area contributed by atoms with Crippen LogP contribution in [0.4, 0.5) is 0 Å². The molecule has 0 radical (unpaired) electrons. The molecule has 7 heteroatoms. The van der Waals surface area contributed by atoms with E-state index in [9.17, 15) is 13.2 Å². The molecule has 0 spiro atoms. The lowest BCUT2D eigenvalue weighted by Gasteiger charge is -2.32. The summed E-state index contributed by atoms with van der Waals surface area (Å²) in [5.41, 5.74) is 0.789. The summed E-state index contributed by atoms with van der Waals surface area (Å²) in [5, 5.41) is 3.02. The molecule has 6 nitrogen and oxygen atoms in total. The second kappa shape index (κ2) is 9.55. The van der Waals surface area contributed by atoms with Gasteiger partial charge in [-0.25, -0.2) is 8.42 Å². The number of nitrogens with one attached hydrogen (secondary N) is 1. The standard InChI is InChI=1S/C20H32N2O4S/c1-5-8-16(4)21-20(23)17-9-7-12-22(14-17)27(24,25)18-10-11-19(26-6-2)15(3)13-18/h10-11,13,16-17H,5-9,12,14H2,1-4H3,(H,21,23)/t16-,17+/m1/s1. The van der Waals surface area contributed by atoms with Crippen molar-refractivity contribution in [3.05, 3.63) is 23.8 Å². The Morgan fingerprint density at radius 1 is 1.37 bits per heavy atom. The molecule has 0 bridgehead atoms. The van der Waals surface area contributed by atoms with Crippen molar-refractivity contribution in [1.29, 1.82) is 0 Å². The molecule has 1 aromatic carbocycles. The fourth-order valence-electron chi connectivity index (χ4n) is 3.49. The first-order chi connectivity index (χ1) is 12.8. The van der Waals surface area contributed by atoms with Gasteiger partial charge in [-0.3, -0.25) is 4.79 Å². The van der Waals surface area contributed by atoms with E-state index in [4.69, 9.17) is 4.74 Å². The topological polar surface area (TPSA) is 75.7 Å². The molecule has 2 atom stereocenters. The average molecular weight is 397 g/mol. The van der Waals surface area contributed by atoms with Gasteiger partial charge in [0.25, 0.3) is 0 Å². The quantitative estimate of drug-likeness (QED) is 0.733. The third-order valence-corrected chi connectivity index (χ3v) is 6.81. The number of piperidine rings is 1. The molecule has 2 rings (SSSR count).